The maximum absolute atomic E-state index is 12.0. The second-order valence-corrected chi connectivity index (χ2v) is 5.40. The van der Waals surface area contributed by atoms with Crippen molar-refractivity contribution in [3.8, 4) is 0 Å². The number of amides is 4. The quantitative estimate of drug-likeness (QED) is 0.535. The second-order valence-electron chi connectivity index (χ2n) is 5.40. The number of benzene rings is 1. The molecule has 1 unspecified atom stereocenters. The molecule has 0 aromatic heterocycles. The molecule has 0 fully saturated rings. The first-order valence-electron chi connectivity index (χ1n) is 7.26. The van der Waals surface area contributed by atoms with Gasteiger partial charge < -0.3 is 21.7 Å². The van der Waals surface area contributed by atoms with E-state index in [0.717, 1.165) is 5.56 Å². The molecule has 4 amide bonds. The third kappa shape index (κ3) is 6.42. The van der Waals surface area contributed by atoms with Crippen LogP contribution in [0.5, 0.6) is 0 Å². The minimum atomic E-state index is -0.789. The lowest BCUT2D eigenvalue weighted by molar-refractivity contribution is -0.126. The fourth-order valence-corrected chi connectivity index (χ4v) is 1.89. The van der Waals surface area contributed by atoms with E-state index in [0.29, 0.717) is 12.0 Å². The van der Waals surface area contributed by atoms with Crippen molar-refractivity contribution in [1.82, 2.24) is 10.6 Å². The molecule has 0 aliphatic carbocycles. The lowest BCUT2D eigenvalue weighted by Gasteiger charge is -2.20. The molecule has 0 bridgehead atoms. The lowest BCUT2D eigenvalue weighted by Crippen LogP contribution is -2.52. The summed E-state index contributed by atoms with van der Waals surface area (Å²) < 4.78 is 0. The monoisotopic (exact) mass is 316 g/mol. The highest BCUT2D eigenvalue weighted by Crippen LogP contribution is 2.09. The highest BCUT2D eigenvalue weighted by molar-refractivity contribution is 6.08. The normalized spacial score (nSPS) is 11.6. The number of primary amides is 1. The number of nitrogens with one attached hydrogen (secondary N) is 3. The Kier molecular flexibility index (Phi) is 7.11. The number of nitrogens with two attached hydrogens (primary N) is 1. The molecule has 1 aromatic rings. The van der Waals surface area contributed by atoms with Crippen molar-refractivity contribution >= 4 is 31.4 Å². The molecule has 0 aliphatic rings. The molecule has 8 heteroatoms. The van der Waals surface area contributed by atoms with Crippen molar-refractivity contribution in [3.63, 3.8) is 0 Å². The molecular weight excluding hydrogens is 295 g/mol. The summed E-state index contributed by atoms with van der Waals surface area (Å²) in [5, 5.41) is 7.47. The minimum absolute atomic E-state index is 0.158. The highest BCUT2D eigenvalue weighted by Gasteiger charge is 2.23. The predicted molar refractivity (Wildman–Crippen MR) is 88.9 cm³/mol. The molecule has 0 aliphatic heterocycles. The summed E-state index contributed by atoms with van der Waals surface area (Å²) in [7, 11) is 5.50. The van der Waals surface area contributed by atoms with Crippen LogP contribution < -0.4 is 21.7 Å². The van der Waals surface area contributed by atoms with Gasteiger partial charge in [-0.3, -0.25) is 9.59 Å². The standard InChI is InChI=1S/C15H21BN4O3/c1-9(2)13(20-15(17)23)14(22)18-8-12(21)19-11-5-3-10(7-16)4-6-11/h3-6,9,13H,7-8H2,1-2H3,(H,18,22)(H,19,21)(H3,17,20,23). The van der Waals surface area contributed by atoms with E-state index in [4.69, 9.17) is 13.6 Å². The molecular formula is C15H21BN4O3. The zero-order chi connectivity index (χ0) is 17.4. The van der Waals surface area contributed by atoms with Crippen molar-refractivity contribution < 1.29 is 14.4 Å². The third-order valence-corrected chi connectivity index (χ3v) is 3.14. The van der Waals surface area contributed by atoms with Crippen LogP contribution in [0.15, 0.2) is 24.3 Å². The molecule has 0 saturated carbocycles. The number of rotatable bonds is 7. The van der Waals surface area contributed by atoms with Gasteiger partial charge >= 0.3 is 6.03 Å². The predicted octanol–water partition coefficient (Wildman–Crippen LogP) is 0.103. The minimum Gasteiger partial charge on any atom is -0.352 e. The number of anilines is 1. The van der Waals surface area contributed by atoms with Gasteiger partial charge in [-0.15, -0.1) is 0 Å². The fourth-order valence-electron chi connectivity index (χ4n) is 1.89. The molecule has 0 heterocycles. The van der Waals surface area contributed by atoms with E-state index in [2.05, 4.69) is 16.0 Å². The van der Waals surface area contributed by atoms with E-state index >= 15 is 0 Å². The highest BCUT2D eigenvalue weighted by atomic mass is 16.2. The van der Waals surface area contributed by atoms with Crippen LogP contribution in [0.1, 0.15) is 19.4 Å². The zero-order valence-electron chi connectivity index (χ0n) is 13.3. The smallest absolute Gasteiger partial charge is 0.312 e. The summed E-state index contributed by atoms with van der Waals surface area (Å²) in [6.45, 7) is 3.32. The lowest BCUT2D eigenvalue weighted by atomic mass is 9.97. The number of hydrogen-bond donors (Lipinski definition) is 4. The Hall–Kier alpha value is -2.51. The van der Waals surface area contributed by atoms with Gasteiger partial charge in [0.05, 0.1) is 14.4 Å². The molecule has 1 aromatic carbocycles. The Morgan fingerprint density at radius 3 is 2.26 bits per heavy atom. The first-order valence-corrected chi connectivity index (χ1v) is 7.26. The first-order chi connectivity index (χ1) is 10.8. The Morgan fingerprint density at radius 1 is 1.17 bits per heavy atom. The number of hydrogen-bond acceptors (Lipinski definition) is 3. The fraction of sp³-hybridized carbons (Fsp3) is 0.400. The Labute approximate surface area is 136 Å². The van der Waals surface area contributed by atoms with Crippen molar-refractivity contribution in [2.75, 3.05) is 11.9 Å². The molecule has 0 saturated heterocycles. The first kappa shape index (κ1) is 18.5. The summed E-state index contributed by atoms with van der Waals surface area (Å²) in [5.74, 6) is -0.998. The van der Waals surface area contributed by atoms with E-state index in [1.807, 2.05) is 0 Å². The van der Waals surface area contributed by atoms with Gasteiger partial charge in [-0.1, -0.05) is 37.9 Å². The molecule has 2 radical (unpaired) electrons. The Bertz CT molecular complexity index is 560. The Balaban J connectivity index is 2.50. The average Bonchev–Trinajstić information content (AvgIpc) is 2.50. The van der Waals surface area contributed by atoms with E-state index < -0.39 is 18.0 Å². The summed E-state index contributed by atoms with van der Waals surface area (Å²) in [4.78, 5) is 34.7. The van der Waals surface area contributed by atoms with E-state index in [-0.39, 0.29) is 18.4 Å². The summed E-state index contributed by atoms with van der Waals surface area (Å²) in [6, 6.07) is 5.49. The van der Waals surface area contributed by atoms with Gasteiger partial charge in [0.2, 0.25) is 11.8 Å². The molecule has 1 rings (SSSR count). The van der Waals surface area contributed by atoms with Crippen molar-refractivity contribution in [3.05, 3.63) is 29.8 Å². The van der Waals surface area contributed by atoms with Crippen molar-refractivity contribution in [2.45, 2.75) is 26.2 Å². The van der Waals surface area contributed by atoms with E-state index in [9.17, 15) is 14.4 Å². The van der Waals surface area contributed by atoms with Crippen LogP contribution in [0, 0.1) is 5.92 Å². The van der Waals surface area contributed by atoms with Crippen molar-refractivity contribution in [2.24, 2.45) is 11.7 Å². The van der Waals surface area contributed by atoms with Gasteiger partial charge in [-0.2, -0.15) is 0 Å². The molecule has 7 nitrogen and oxygen atoms in total. The number of carbonyl (C=O) groups excluding carboxylic acids is 3. The topological polar surface area (TPSA) is 113 Å². The van der Waals surface area contributed by atoms with Gasteiger partial charge in [0.15, 0.2) is 0 Å². The van der Waals surface area contributed by atoms with Crippen LogP contribution in [0.25, 0.3) is 0 Å². The molecule has 0 spiro atoms. The summed E-state index contributed by atoms with van der Waals surface area (Å²) in [6.07, 6.45) is 0.424. The summed E-state index contributed by atoms with van der Waals surface area (Å²) in [5.41, 5.74) is 6.59. The van der Waals surface area contributed by atoms with Crippen LogP contribution in [0.2, 0.25) is 0 Å². The van der Waals surface area contributed by atoms with Crippen LogP contribution in [0.4, 0.5) is 10.5 Å². The van der Waals surface area contributed by atoms with Crippen molar-refractivity contribution in [1.29, 1.82) is 0 Å². The van der Waals surface area contributed by atoms with Crippen LogP contribution in [0.3, 0.4) is 0 Å². The van der Waals surface area contributed by atoms with Gasteiger partial charge in [0.25, 0.3) is 0 Å². The summed E-state index contributed by atoms with van der Waals surface area (Å²) >= 11 is 0. The maximum atomic E-state index is 12.0. The zero-order valence-corrected chi connectivity index (χ0v) is 13.3. The molecule has 1 atom stereocenters. The van der Waals surface area contributed by atoms with E-state index in [1.54, 1.807) is 38.1 Å². The van der Waals surface area contributed by atoms with Gasteiger partial charge in [0, 0.05) is 5.69 Å². The SMILES string of the molecule is [B]Cc1ccc(NC(=O)CNC(=O)C(NC(N)=O)C(C)C)cc1. The largest absolute Gasteiger partial charge is 0.352 e. The number of urea groups is 1. The van der Waals surface area contributed by atoms with Crippen LogP contribution in [-0.4, -0.2) is 38.3 Å². The molecule has 23 heavy (non-hydrogen) atoms. The van der Waals surface area contributed by atoms with Gasteiger partial charge in [-0.05, 0) is 18.1 Å². The molecule has 5 N–H and O–H groups in total. The second kappa shape index (κ2) is 8.82. The van der Waals surface area contributed by atoms with Crippen LogP contribution in [-0.2, 0) is 15.9 Å². The average molecular weight is 316 g/mol. The van der Waals surface area contributed by atoms with Gasteiger partial charge in [0.1, 0.15) is 6.04 Å². The van der Waals surface area contributed by atoms with E-state index in [1.165, 1.54) is 0 Å². The number of carbonyl (C=O) groups is 3. The molecule has 122 valence electrons. The third-order valence-electron chi connectivity index (χ3n) is 3.14. The maximum Gasteiger partial charge on any atom is 0.312 e. The Morgan fingerprint density at radius 2 is 1.78 bits per heavy atom. The van der Waals surface area contributed by atoms with Gasteiger partial charge in [-0.25, -0.2) is 4.79 Å². The van der Waals surface area contributed by atoms with Crippen LogP contribution >= 0.6 is 0 Å².